The van der Waals surface area contributed by atoms with Gasteiger partial charge in [-0.05, 0) is 28.1 Å². The van der Waals surface area contributed by atoms with Crippen LogP contribution < -0.4 is 0 Å². The first-order valence-electron chi connectivity index (χ1n) is 9.04. The normalized spacial score (nSPS) is 12.0. The first-order valence-corrected chi connectivity index (χ1v) is 10.0. The number of para-hydroxylation sites is 2. The first-order chi connectivity index (χ1) is 14.7. The predicted molar refractivity (Wildman–Crippen MR) is 112 cm³/mol. The number of imidazole rings is 1. The second kappa shape index (κ2) is 8.78. The number of aliphatic hydroxyl groups excluding tert-OH is 1. The van der Waals surface area contributed by atoms with Crippen molar-refractivity contribution in [2.75, 3.05) is 12.9 Å². The van der Waals surface area contributed by atoms with Gasteiger partial charge in [-0.2, -0.15) is 0 Å². The maximum absolute atomic E-state index is 12.3. The number of nitrogens with one attached hydrogen (secondary N) is 1. The number of ether oxygens (including phenoxy) is 1. The van der Waals surface area contributed by atoms with Crippen molar-refractivity contribution >= 4 is 34.3 Å². The topological polar surface area (TPSA) is 119 Å². The molecule has 0 aliphatic carbocycles. The van der Waals surface area contributed by atoms with Crippen molar-refractivity contribution in [1.29, 1.82) is 0 Å². The van der Waals surface area contributed by atoms with Crippen LogP contribution in [0.15, 0.2) is 65.5 Å². The molecule has 0 unspecified atom stereocenters. The number of aromatic nitrogens is 6. The molecular formula is C20H18N6O3S. The molecular weight excluding hydrogens is 404 g/mol. The fraction of sp³-hybridized carbons (Fsp3) is 0.150. The standard InChI is InChI=1S/C20H18N6O3S/c1-29-19(28)17(18-21-14-9-5-6-10-15(14)22-18)16(27)12-30-20-23-24-25-26(20)11-13-7-3-2-4-8-13/h2-10,27H,11-12H2,1H3,(H,21,22)/b17-16+. The van der Waals surface area contributed by atoms with Crippen LogP contribution in [-0.4, -0.2) is 54.1 Å². The van der Waals surface area contributed by atoms with E-state index in [0.29, 0.717) is 17.2 Å². The molecule has 0 radical (unpaired) electrons. The Morgan fingerprint density at radius 3 is 2.70 bits per heavy atom. The lowest BCUT2D eigenvalue weighted by molar-refractivity contribution is -0.133. The number of benzene rings is 2. The van der Waals surface area contributed by atoms with Gasteiger partial charge in [0.2, 0.25) is 5.16 Å². The van der Waals surface area contributed by atoms with E-state index in [1.165, 1.54) is 18.9 Å². The molecule has 10 heteroatoms. The lowest BCUT2D eigenvalue weighted by atomic mass is 10.2. The number of esters is 1. The van der Waals surface area contributed by atoms with Crippen molar-refractivity contribution in [3.8, 4) is 0 Å². The van der Waals surface area contributed by atoms with E-state index in [1.54, 1.807) is 4.68 Å². The number of H-pyrrole nitrogens is 1. The molecule has 0 amide bonds. The van der Waals surface area contributed by atoms with Crippen LogP contribution in [0.5, 0.6) is 0 Å². The monoisotopic (exact) mass is 422 g/mol. The van der Waals surface area contributed by atoms with Crippen molar-refractivity contribution in [3.63, 3.8) is 0 Å². The molecule has 0 bridgehead atoms. The SMILES string of the molecule is COC(=O)/C(=C(/O)CSc1nnnn1Cc1ccccc1)c1nc2ccccc2[nH]1. The summed E-state index contributed by atoms with van der Waals surface area (Å²) in [6.07, 6.45) is 0. The number of nitrogens with zero attached hydrogens (tertiary/aromatic N) is 5. The van der Waals surface area contributed by atoms with Gasteiger partial charge in [-0.1, -0.05) is 54.2 Å². The lowest BCUT2D eigenvalue weighted by Crippen LogP contribution is -2.10. The van der Waals surface area contributed by atoms with Gasteiger partial charge < -0.3 is 14.8 Å². The largest absolute Gasteiger partial charge is 0.510 e. The van der Waals surface area contributed by atoms with Crippen LogP contribution in [0.1, 0.15) is 11.4 Å². The molecule has 2 aromatic heterocycles. The minimum atomic E-state index is -0.684. The highest BCUT2D eigenvalue weighted by Crippen LogP contribution is 2.25. The van der Waals surface area contributed by atoms with Gasteiger partial charge in [-0.15, -0.1) is 5.10 Å². The second-order valence-electron chi connectivity index (χ2n) is 6.31. The third-order valence-corrected chi connectivity index (χ3v) is 5.28. The number of tetrazole rings is 1. The molecule has 0 saturated heterocycles. The zero-order valence-electron chi connectivity index (χ0n) is 16.0. The van der Waals surface area contributed by atoms with E-state index in [-0.39, 0.29) is 22.9 Å². The molecule has 4 rings (SSSR count). The molecule has 9 nitrogen and oxygen atoms in total. The number of thioether (sulfide) groups is 1. The number of fused-ring (bicyclic) bond motifs is 1. The Morgan fingerprint density at radius 1 is 1.17 bits per heavy atom. The molecule has 152 valence electrons. The number of carbonyl (C=O) groups is 1. The van der Waals surface area contributed by atoms with E-state index >= 15 is 0 Å². The number of aromatic amines is 1. The van der Waals surface area contributed by atoms with E-state index in [2.05, 4.69) is 25.5 Å². The van der Waals surface area contributed by atoms with E-state index < -0.39 is 5.97 Å². The number of carbonyl (C=O) groups excluding carboxylic acids is 1. The smallest absolute Gasteiger partial charge is 0.345 e. The highest BCUT2D eigenvalue weighted by Gasteiger charge is 2.22. The summed E-state index contributed by atoms with van der Waals surface area (Å²) in [5.41, 5.74) is 2.45. The molecule has 4 aromatic rings. The Labute approximate surface area is 175 Å². The molecule has 0 atom stereocenters. The number of rotatable bonds is 7. The molecule has 0 aliphatic heterocycles. The van der Waals surface area contributed by atoms with Crippen LogP contribution in [0, 0.1) is 0 Å². The predicted octanol–water partition coefficient (Wildman–Crippen LogP) is 2.83. The van der Waals surface area contributed by atoms with E-state index in [4.69, 9.17) is 4.74 Å². The van der Waals surface area contributed by atoms with Gasteiger partial charge in [0.1, 0.15) is 17.2 Å². The quantitative estimate of drug-likeness (QED) is 0.202. The molecule has 0 saturated carbocycles. The average molecular weight is 422 g/mol. The molecule has 0 aliphatic rings. The van der Waals surface area contributed by atoms with Gasteiger partial charge in [-0.3, -0.25) is 0 Å². The lowest BCUT2D eigenvalue weighted by Gasteiger charge is -2.07. The average Bonchev–Trinajstić information content (AvgIpc) is 3.39. The summed E-state index contributed by atoms with van der Waals surface area (Å²) < 4.78 is 6.48. The highest BCUT2D eigenvalue weighted by atomic mass is 32.2. The van der Waals surface area contributed by atoms with E-state index in [9.17, 15) is 9.90 Å². The van der Waals surface area contributed by atoms with Crippen LogP contribution >= 0.6 is 11.8 Å². The summed E-state index contributed by atoms with van der Waals surface area (Å²) in [7, 11) is 1.26. The third-order valence-electron chi connectivity index (χ3n) is 4.32. The molecule has 2 heterocycles. The second-order valence-corrected chi connectivity index (χ2v) is 7.25. The van der Waals surface area contributed by atoms with Gasteiger partial charge in [0.05, 0.1) is 30.4 Å². The molecule has 30 heavy (non-hydrogen) atoms. The Kier molecular flexibility index (Phi) is 5.75. The van der Waals surface area contributed by atoms with Crippen molar-refractivity contribution in [1.82, 2.24) is 30.2 Å². The van der Waals surface area contributed by atoms with Gasteiger partial charge in [0.15, 0.2) is 0 Å². The summed E-state index contributed by atoms with van der Waals surface area (Å²) in [4.78, 5) is 19.8. The van der Waals surface area contributed by atoms with Gasteiger partial charge >= 0.3 is 5.97 Å². The Balaban J connectivity index is 1.57. The highest BCUT2D eigenvalue weighted by molar-refractivity contribution is 7.99. The van der Waals surface area contributed by atoms with E-state index in [1.807, 2.05) is 54.6 Å². The molecule has 0 spiro atoms. The zero-order valence-corrected chi connectivity index (χ0v) is 16.8. The van der Waals surface area contributed by atoms with Gasteiger partial charge in [0.25, 0.3) is 0 Å². The fourth-order valence-electron chi connectivity index (χ4n) is 2.88. The summed E-state index contributed by atoms with van der Waals surface area (Å²) in [5.74, 6) is -0.558. The Morgan fingerprint density at radius 2 is 1.93 bits per heavy atom. The van der Waals surface area contributed by atoms with Crippen molar-refractivity contribution < 1.29 is 14.6 Å². The number of hydrogen-bond donors (Lipinski definition) is 2. The van der Waals surface area contributed by atoms with Crippen LogP contribution in [0.25, 0.3) is 16.6 Å². The van der Waals surface area contributed by atoms with Gasteiger partial charge in [-0.25, -0.2) is 14.5 Å². The maximum atomic E-state index is 12.3. The minimum Gasteiger partial charge on any atom is -0.510 e. The van der Waals surface area contributed by atoms with Crippen LogP contribution in [0.2, 0.25) is 0 Å². The zero-order chi connectivity index (χ0) is 20.9. The fourth-order valence-corrected chi connectivity index (χ4v) is 3.64. The van der Waals surface area contributed by atoms with Crippen molar-refractivity contribution in [2.45, 2.75) is 11.7 Å². The minimum absolute atomic E-state index is 0.0247. The summed E-state index contributed by atoms with van der Waals surface area (Å²) in [5, 5.41) is 22.9. The number of aliphatic hydroxyl groups is 1. The van der Waals surface area contributed by atoms with Crippen molar-refractivity contribution in [2.24, 2.45) is 0 Å². The Bertz CT molecular complexity index is 1170. The molecule has 2 N–H and O–H groups in total. The molecule has 2 aromatic carbocycles. The number of hydrogen-bond acceptors (Lipinski definition) is 8. The summed E-state index contributed by atoms with van der Waals surface area (Å²) in [6, 6.07) is 17.1. The maximum Gasteiger partial charge on any atom is 0.345 e. The van der Waals surface area contributed by atoms with Crippen molar-refractivity contribution in [3.05, 3.63) is 71.7 Å². The van der Waals surface area contributed by atoms with E-state index in [0.717, 1.165) is 11.1 Å². The van der Waals surface area contributed by atoms with Crippen LogP contribution in [-0.2, 0) is 16.1 Å². The van der Waals surface area contributed by atoms with Crippen LogP contribution in [0.4, 0.5) is 0 Å². The number of methoxy groups -OCH3 is 1. The summed E-state index contributed by atoms with van der Waals surface area (Å²) in [6.45, 7) is 0.494. The van der Waals surface area contributed by atoms with Crippen LogP contribution in [0.3, 0.4) is 0 Å². The molecule has 0 fully saturated rings. The first kappa shape index (κ1) is 19.6. The summed E-state index contributed by atoms with van der Waals surface area (Å²) >= 11 is 1.21. The van der Waals surface area contributed by atoms with Gasteiger partial charge in [0, 0.05) is 0 Å². The third kappa shape index (κ3) is 4.18. The Hall–Kier alpha value is -3.66.